The number of nitrogens with zero attached hydrogens (tertiary/aromatic N) is 1. The molecule has 25 heavy (non-hydrogen) atoms. The van der Waals surface area contributed by atoms with Gasteiger partial charge in [0.05, 0.1) is 6.10 Å². The van der Waals surface area contributed by atoms with Crippen LogP contribution < -0.4 is 10.6 Å². The predicted octanol–water partition coefficient (Wildman–Crippen LogP) is 2.38. The Morgan fingerprint density at radius 1 is 1.20 bits per heavy atom. The highest BCUT2D eigenvalue weighted by molar-refractivity contribution is 6.04. The number of benzene rings is 1. The SMILES string of the molecule is O=C(NCC1CCCO1)c1ccnc(C(=O)Nc2ccc(F)cc2)c1. The summed E-state index contributed by atoms with van der Waals surface area (Å²) in [6.45, 7) is 1.17. The van der Waals surface area contributed by atoms with E-state index < -0.39 is 5.91 Å². The lowest BCUT2D eigenvalue weighted by Gasteiger charge is -2.11. The smallest absolute Gasteiger partial charge is 0.274 e. The van der Waals surface area contributed by atoms with Gasteiger partial charge in [-0.2, -0.15) is 0 Å². The zero-order chi connectivity index (χ0) is 17.6. The average Bonchev–Trinajstić information content (AvgIpc) is 3.15. The van der Waals surface area contributed by atoms with Crippen molar-refractivity contribution in [1.82, 2.24) is 10.3 Å². The number of hydrogen-bond acceptors (Lipinski definition) is 4. The van der Waals surface area contributed by atoms with Crippen LogP contribution in [0.1, 0.15) is 33.7 Å². The van der Waals surface area contributed by atoms with Gasteiger partial charge in [-0.1, -0.05) is 0 Å². The summed E-state index contributed by atoms with van der Waals surface area (Å²) < 4.78 is 18.4. The van der Waals surface area contributed by atoms with Crippen LogP contribution in [0.4, 0.5) is 10.1 Å². The number of rotatable bonds is 5. The fourth-order valence-corrected chi connectivity index (χ4v) is 2.54. The van der Waals surface area contributed by atoms with Crippen LogP contribution in [0.5, 0.6) is 0 Å². The molecule has 130 valence electrons. The highest BCUT2D eigenvalue weighted by Crippen LogP contribution is 2.12. The van der Waals surface area contributed by atoms with Crippen molar-refractivity contribution in [2.75, 3.05) is 18.5 Å². The van der Waals surface area contributed by atoms with Gasteiger partial charge in [-0.25, -0.2) is 4.39 Å². The molecule has 2 heterocycles. The van der Waals surface area contributed by atoms with E-state index in [-0.39, 0.29) is 23.5 Å². The van der Waals surface area contributed by atoms with E-state index in [4.69, 9.17) is 4.74 Å². The summed E-state index contributed by atoms with van der Waals surface area (Å²) in [6.07, 6.45) is 3.39. The van der Waals surface area contributed by atoms with Crippen LogP contribution in [-0.4, -0.2) is 36.1 Å². The van der Waals surface area contributed by atoms with E-state index in [1.54, 1.807) is 6.07 Å². The van der Waals surface area contributed by atoms with E-state index in [9.17, 15) is 14.0 Å². The highest BCUT2D eigenvalue weighted by Gasteiger charge is 2.17. The number of amides is 2. The van der Waals surface area contributed by atoms with E-state index in [0.29, 0.717) is 17.8 Å². The van der Waals surface area contributed by atoms with Gasteiger partial charge in [-0.05, 0) is 49.2 Å². The second-order valence-corrected chi connectivity index (χ2v) is 5.74. The number of anilines is 1. The Kier molecular flexibility index (Phi) is 5.35. The lowest BCUT2D eigenvalue weighted by molar-refractivity contribution is 0.0857. The van der Waals surface area contributed by atoms with Gasteiger partial charge in [-0.15, -0.1) is 0 Å². The van der Waals surface area contributed by atoms with Gasteiger partial charge in [0, 0.05) is 30.6 Å². The summed E-state index contributed by atoms with van der Waals surface area (Å²) in [5.74, 6) is -1.14. The maximum atomic E-state index is 12.9. The second kappa shape index (κ2) is 7.85. The number of ether oxygens (including phenoxy) is 1. The maximum absolute atomic E-state index is 12.9. The molecule has 0 radical (unpaired) electrons. The first kappa shape index (κ1) is 17.0. The largest absolute Gasteiger partial charge is 0.376 e. The van der Waals surface area contributed by atoms with Crippen molar-refractivity contribution in [2.45, 2.75) is 18.9 Å². The maximum Gasteiger partial charge on any atom is 0.274 e. The van der Waals surface area contributed by atoms with Crippen LogP contribution in [0.15, 0.2) is 42.6 Å². The van der Waals surface area contributed by atoms with Crippen molar-refractivity contribution in [3.63, 3.8) is 0 Å². The molecule has 0 saturated carbocycles. The Morgan fingerprint density at radius 3 is 2.72 bits per heavy atom. The molecule has 1 unspecified atom stereocenters. The molecule has 2 amide bonds. The summed E-state index contributed by atoms with van der Waals surface area (Å²) >= 11 is 0. The van der Waals surface area contributed by atoms with Crippen molar-refractivity contribution in [2.24, 2.45) is 0 Å². The molecular formula is C18H18FN3O3. The van der Waals surface area contributed by atoms with Crippen molar-refractivity contribution >= 4 is 17.5 Å². The summed E-state index contributed by atoms with van der Waals surface area (Å²) in [6, 6.07) is 8.36. The Bertz CT molecular complexity index is 758. The zero-order valence-corrected chi connectivity index (χ0v) is 13.5. The van der Waals surface area contributed by atoms with Gasteiger partial charge < -0.3 is 15.4 Å². The molecule has 1 aliphatic heterocycles. The summed E-state index contributed by atoms with van der Waals surface area (Å²) in [5, 5.41) is 5.41. The summed E-state index contributed by atoms with van der Waals surface area (Å²) in [7, 11) is 0. The molecule has 0 aliphatic carbocycles. The molecule has 1 aromatic heterocycles. The van der Waals surface area contributed by atoms with Gasteiger partial charge in [0.2, 0.25) is 0 Å². The summed E-state index contributed by atoms with van der Waals surface area (Å²) in [5.41, 5.74) is 0.896. The standard InChI is InChI=1S/C18H18FN3O3/c19-13-3-5-14(6-4-13)22-18(24)16-10-12(7-8-20-16)17(23)21-11-15-2-1-9-25-15/h3-8,10,15H,1-2,9,11H2,(H,21,23)(H,22,24). The Hall–Kier alpha value is -2.80. The molecule has 0 bridgehead atoms. The Morgan fingerprint density at radius 2 is 2.00 bits per heavy atom. The minimum absolute atomic E-state index is 0.0482. The van der Waals surface area contributed by atoms with Crippen molar-refractivity contribution < 1.29 is 18.7 Å². The molecule has 7 heteroatoms. The third kappa shape index (κ3) is 4.60. The van der Waals surface area contributed by atoms with Gasteiger partial charge in [0.1, 0.15) is 11.5 Å². The van der Waals surface area contributed by atoms with E-state index in [1.165, 1.54) is 36.5 Å². The Balaban J connectivity index is 1.62. The lowest BCUT2D eigenvalue weighted by Crippen LogP contribution is -2.32. The van der Waals surface area contributed by atoms with Gasteiger partial charge in [-0.3, -0.25) is 14.6 Å². The highest BCUT2D eigenvalue weighted by atomic mass is 19.1. The first-order valence-corrected chi connectivity index (χ1v) is 8.04. The van der Waals surface area contributed by atoms with E-state index in [2.05, 4.69) is 15.6 Å². The first-order valence-electron chi connectivity index (χ1n) is 8.04. The monoisotopic (exact) mass is 343 g/mol. The zero-order valence-electron chi connectivity index (χ0n) is 13.5. The molecule has 0 spiro atoms. The molecule has 1 aromatic carbocycles. The van der Waals surface area contributed by atoms with E-state index in [1.807, 2.05) is 0 Å². The van der Waals surface area contributed by atoms with Gasteiger partial charge in [0.15, 0.2) is 0 Å². The predicted molar refractivity (Wildman–Crippen MR) is 89.9 cm³/mol. The normalized spacial score (nSPS) is 16.4. The molecule has 1 atom stereocenters. The van der Waals surface area contributed by atoms with Crippen LogP contribution >= 0.6 is 0 Å². The van der Waals surface area contributed by atoms with Crippen LogP contribution in [0.3, 0.4) is 0 Å². The minimum Gasteiger partial charge on any atom is -0.376 e. The number of halogens is 1. The van der Waals surface area contributed by atoms with E-state index in [0.717, 1.165) is 19.4 Å². The number of nitrogens with one attached hydrogen (secondary N) is 2. The quantitative estimate of drug-likeness (QED) is 0.873. The fraction of sp³-hybridized carbons (Fsp3) is 0.278. The van der Waals surface area contributed by atoms with Crippen LogP contribution in [0.25, 0.3) is 0 Å². The topological polar surface area (TPSA) is 80.3 Å². The number of hydrogen-bond donors (Lipinski definition) is 2. The molecule has 1 aliphatic rings. The molecule has 2 N–H and O–H groups in total. The van der Waals surface area contributed by atoms with Crippen molar-refractivity contribution in [3.05, 3.63) is 59.7 Å². The fourth-order valence-electron chi connectivity index (χ4n) is 2.54. The first-order chi connectivity index (χ1) is 12.1. The Labute approximate surface area is 144 Å². The van der Waals surface area contributed by atoms with Crippen molar-refractivity contribution in [3.8, 4) is 0 Å². The lowest BCUT2D eigenvalue weighted by atomic mass is 10.2. The summed E-state index contributed by atoms with van der Waals surface area (Å²) in [4.78, 5) is 28.4. The van der Waals surface area contributed by atoms with Crippen LogP contribution in [0.2, 0.25) is 0 Å². The van der Waals surface area contributed by atoms with E-state index >= 15 is 0 Å². The molecule has 1 fully saturated rings. The second-order valence-electron chi connectivity index (χ2n) is 5.74. The molecule has 3 rings (SSSR count). The third-order valence-corrected chi connectivity index (χ3v) is 3.87. The van der Waals surface area contributed by atoms with Crippen LogP contribution in [-0.2, 0) is 4.74 Å². The van der Waals surface area contributed by atoms with Crippen molar-refractivity contribution in [1.29, 1.82) is 0 Å². The van der Waals surface area contributed by atoms with Gasteiger partial charge >= 0.3 is 0 Å². The van der Waals surface area contributed by atoms with Crippen LogP contribution in [0, 0.1) is 5.82 Å². The molecule has 1 saturated heterocycles. The third-order valence-electron chi connectivity index (χ3n) is 3.87. The molecular weight excluding hydrogens is 325 g/mol. The number of carbonyl (C=O) groups excluding carboxylic acids is 2. The molecule has 6 nitrogen and oxygen atoms in total. The van der Waals surface area contributed by atoms with Gasteiger partial charge in [0.25, 0.3) is 11.8 Å². The minimum atomic E-state index is -0.472. The molecule has 2 aromatic rings. The average molecular weight is 343 g/mol. The number of pyridine rings is 1. The number of aromatic nitrogens is 1. The number of carbonyl (C=O) groups is 2.